The van der Waals surface area contributed by atoms with Gasteiger partial charge in [0.05, 0.1) is 6.61 Å². The Morgan fingerprint density at radius 1 is 1.73 bits per heavy atom. The lowest BCUT2D eigenvalue weighted by atomic mass is 10.1. The van der Waals surface area contributed by atoms with Crippen molar-refractivity contribution in [1.29, 1.82) is 0 Å². The van der Waals surface area contributed by atoms with Crippen LogP contribution in [0.4, 0.5) is 0 Å². The lowest BCUT2D eigenvalue weighted by molar-refractivity contribution is -0.120. The van der Waals surface area contributed by atoms with Crippen molar-refractivity contribution in [2.24, 2.45) is 5.92 Å². The van der Waals surface area contributed by atoms with Crippen molar-refractivity contribution in [3.05, 3.63) is 0 Å². The first-order chi connectivity index (χ1) is 5.33. The largest absolute Gasteiger partial charge is 0.381 e. The van der Waals surface area contributed by atoms with Gasteiger partial charge in [-0.15, -0.1) is 0 Å². The molecule has 1 atom stereocenters. The summed E-state index contributed by atoms with van der Waals surface area (Å²) in [6.45, 7) is 4.31. The number of hydrogen-bond donors (Lipinski definition) is 1. The second-order valence-corrected chi connectivity index (χ2v) is 2.89. The van der Waals surface area contributed by atoms with Crippen molar-refractivity contribution in [2.45, 2.75) is 19.8 Å². The molecular formula is C8H15NO2. The lowest BCUT2D eigenvalue weighted by Gasteiger charge is -2.07. The van der Waals surface area contributed by atoms with E-state index in [1.807, 2.05) is 6.92 Å². The zero-order chi connectivity index (χ0) is 8.10. The summed E-state index contributed by atoms with van der Waals surface area (Å²) in [6, 6.07) is 0. The van der Waals surface area contributed by atoms with E-state index in [9.17, 15) is 4.79 Å². The second-order valence-electron chi connectivity index (χ2n) is 2.89. The van der Waals surface area contributed by atoms with Crippen LogP contribution in [0.2, 0.25) is 0 Å². The third-order valence-corrected chi connectivity index (χ3v) is 1.93. The smallest absolute Gasteiger partial charge is 0.219 e. The van der Waals surface area contributed by atoms with Crippen LogP contribution in [0.1, 0.15) is 19.8 Å². The summed E-state index contributed by atoms with van der Waals surface area (Å²) in [5.41, 5.74) is 0. The van der Waals surface area contributed by atoms with Crippen LogP contribution in [0.5, 0.6) is 0 Å². The monoisotopic (exact) mass is 157 g/mol. The molecule has 1 aliphatic heterocycles. The van der Waals surface area contributed by atoms with E-state index in [0.29, 0.717) is 12.3 Å². The van der Waals surface area contributed by atoms with E-state index in [4.69, 9.17) is 4.74 Å². The first kappa shape index (κ1) is 8.53. The number of ether oxygens (including phenoxy) is 1. The quantitative estimate of drug-likeness (QED) is 0.649. The highest BCUT2D eigenvalue weighted by Gasteiger charge is 2.15. The van der Waals surface area contributed by atoms with Crippen LogP contribution in [-0.4, -0.2) is 25.7 Å². The minimum Gasteiger partial charge on any atom is -0.381 e. The van der Waals surface area contributed by atoms with Crippen LogP contribution >= 0.6 is 0 Å². The van der Waals surface area contributed by atoms with Crippen LogP contribution in [0, 0.1) is 5.92 Å². The maximum Gasteiger partial charge on any atom is 0.219 e. The molecule has 1 saturated heterocycles. The van der Waals surface area contributed by atoms with Gasteiger partial charge in [-0.3, -0.25) is 4.79 Å². The van der Waals surface area contributed by atoms with Crippen LogP contribution < -0.4 is 5.32 Å². The SMILES string of the molecule is CCC(=O)NCC1CCOC1. The van der Waals surface area contributed by atoms with Gasteiger partial charge >= 0.3 is 0 Å². The van der Waals surface area contributed by atoms with Crippen molar-refractivity contribution < 1.29 is 9.53 Å². The van der Waals surface area contributed by atoms with Crippen LogP contribution in [0.25, 0.3) is 0 Å². The minimum absolute atomic E-state index is 0.136. The highest BCUT2D eigenvalue weighted by Crippen LogP contribution is 2.10. The zero-order valence-electron chi connectivity index (χ0n) is 6.93. The average molecular weight is 157 g/mol. The molecule has 64 valence electrons. The molecule has 0 aromatic heterocycles. The van der Waals surface area contributed by atoms with Crippen LogP contribution in [-0.2, 0) is 9.53 Å². The van der Waals surface area contributed by atoms with Crippen LogP contribution in [0.3, 0.4) is 0 Å². The van der Waals surface area contributed by atoms with Gasteiger partial charge < -0.3 is 10.1 Å². The zero-order valence-corrected chi connectivity index (χ0v) is 6.93. The molecule has 0 aliphatic carbocycles. The Balaban J connectivity index is 2.06. The number of hydrogen-bond acceptors (Lipinski definition) is 2. The maximum atomic E-state index is 10.8. The van der Waals surface area contributed by atoms with Gasteiger partial charge in [0.1, 0.15) is 0 Å². The van der Waals surface area contributed by atoms with Gasteiger partial charge in [-0.2, -0.15) is 0 Å². The summed E-state index contributed by atoms with van der Waals surface area (Å²) in [7, 11) is 0. The fourth-order valence-electron chi connectivity index (χ4n) is 1.13. The van der Waals surface area contributed by atoms with E-state index in [-0.39, 0.29) is 5.91 Å². The van der Waals surface area contributed by atoms with Gasteiger partial charge in [-0.1, -0.05) is 6.92 Å². The van der Waals surface area contributed by atoms with Gasteiger partial charge in [-0.25, -0.2) is 0 Å². The van der Waals surface area contributed by atoms with Gasteiger partial charge in [0.25, 0.3) is 0 Å². The van der Waals surface area contributed by atoms with Crippen molar-refractivity contribution in [1.82, 2.24) is 5.32 Å². The molecule has 3 nitrogen and oxygen atoms in total. The van der Waals surface area contributed by atoms with E-state index in [0.717, 1.165) is 26.2 Å². The van der Waals surface area contributed by atoms with Gasteiger partial charge in [-0.05, 0) is 6.42 Å². The van der Waals surface area contributed by atoms with Crippen molar-refractivity contribution in [2.75, 3.05) is 19.8 Å². The van der Waals surface area contributed by atoms with Gasteiger partial charge in [0.15, 0.2) is 0 Å². The number of rotatable bonds is 3. The molecular weight excluding hydrogens is 142 g/mol. The molecule has 0 saturated carbocycles. The molecule has 0 aromatic carbocycles. The molecule has 1 aliphatic rings. The third kappa shape index (κ3) is 2.89. The minimum atomic E-state index is 0.136. The first-order valence-electron chi connectivity index (χ1n) is 4.17. The highest BCUT2D eigenvalue weighted by molar-refractivity contribution is 5.75. The molecule has 3 heteroatoms. The van der Waals surface area contributed by atoms with Crippen molar-refractivity contribution >= 4 is 5.91 Å². The van der Waals surface area contributed by atoms with Gasteiger partial charge in [0, 0.05) is 25.5 Å². The molecule has 1 fully saturated rings. The highest BCUT2D eigenvalue weighted by atomic mass is 16.5. The van der Waals surface area contributed by atoms with Gasteiger partial charge in [0.2, 0.25) is 5.91 Å². The van der Waals surface area contributed by atoms with E-state index in [1.54, 1.807) is 0 Å². The molecule has 11 heavy (non-hydrogen) atoms. The normalized spacial score (nSPS) is 23.5. The predicted molar refractivity (Wildman–Crippen MR) is 42.2 cm³/mol. The fourth-order valence-corrected chi connectivity index (χ4v) is 1.13. The van der Waals surface area contributed by atoms with E-state index in [1.165, 1.54) is 0 Å². The standard InChI is InChI=1S/C8H15NO2/c1-2-8(10)9-5-7-3-4-11-6-7/h7H,2-6H2,1H3,(H,9,10). The molecule has 0 bridgehead atoms. The fraction of sp³-hybridized carbons (Fsp3) is 0.875. The number of amides is 1. The Morgan fingerprint density at radius 3 is 3.09 bits per heavy atom. The molecule has 1 unspecified atom stereocenters. The topological polar surface area (TPSA) is 38.3 Å². The lowest BCUT2D eigenvalue weighted by Crippen LogP contribution is -2.28. The van der Waals surface area contributed by atoms with E-state index < -0.39 is 0 Å². The summed E-state index contributed by atoms with van der Waals surface area (Å²) in [6.07, 6.45) is 1.66. The molecule has 0 radical (unpaired) electrons. The number of carbonyl (C=O) groups excluding carboxylic acids is 1. The molecule has 0 spiro atoms. The molecule has 1 N–H and O–H groups in total. The molecule has 1 heterocycles. The van der Waals surface area contributed by atoms with Crippen molar-refractivity contribution in [3.8, 4) is 0 Å². The number of nitrogens with one attached hydrogen (secondary N) is 1. The Labute approximate surface area is 67.1 Å². The summed E-state index contributed by atoms with van der Waals surface area (Å²) >= 11 is 0. The van der Waals surface area contributed by atoms with Crippen LogP contribution in [0.15, 0.2) is 0 Å². The molecule has 1 amide bonds. The summed E-state index contributed by atoms with van der Waals surface area (Å²) in [4.78, 5) is 10.8. The third-order valence-electron chi connectivity index (χ3n) is 1.93. The van der Waals surface area contributed by atoms with Crippen molar-refractivity contribution in [3.63, 3.8) is 0 Å². The Kier molecular flexibility index (Phi) is 3.36. The molecule has 0 aromatic rings. The summed E-state index contributed by atoms with van der Waals surface area (Å²) in [5, 5.41) is 2.86. The predicted octanol–water partition coefficient (Wildman–Crippen LogP) is 0.549. The first-order valence-corrected chi connectivity index (χ1v) is 4.17. The summed E-state index contributed by atoms with van der Waals surface area (Å²) in [5.74, 6) is 0.683. The molecule has 1 rings (SSSR count). The number of carbonyl (C=O) groups is 1. The Morgan fingerprint density at radius 2 is 2.55 bits per heavy atom. The average Bonchev–Trinajstić information content (AvgIpc) is 2.52. The van der Waals surface area contributed by atoms with E-state index >= 15 is 0 Å². The van der Waals surface area contributed by atoms with E-state index in [2.05, 4.69) is 5.32 Å². The summed E-state index contributed by atoms with van der Waals surface area (Å²) < 4.78 is 5.17. The Hall–Kier alpha value is -0.570. The second kappa shape index (κ2) is 4.34. The Bertz CT molecular complexity index is 130. The maximum absolute atomic E-state index is 10.8.